The van der Waals surface area contributed by atoms with Crippen molar-refractivity contribution in [2.75, 3.05) is 0 Å². The van der Waals surface area contributed by atoms with Crippen molar-refractivity contribution in [1.29, 1.82) is 0 Å². The van der Waals surface area contributed by atoms with Crippen molar-refractivity contribution in [3.05, 3.63) is 34.3 Å². The van der Waals surface area contributed by atoms with E-state index in [-0.39, 0.29) is 6.10 Å². The molecule has 1 aliphatic rings. The zero-order chi connectivity index (χ0) is 12.1. The Morgan fingerprint density at radius 2 is 1.88 bits per heavy atom. The van der Waals surface area contributed by atoms with Crippen molar-refractivity contribution >= 4 is 15.9 Å². The third kappa shape index (κ3) is 3.82. The largest absolute Gasteiger partial charge is 0.388 e. The van der Waals surface area contributed by atoms with Gasteiger partial charge in [-0.25, -0.2) is 0 Å². The van der Waals surface area contributed by atoms with Gasteiger partial charge in [-0.1, -0.05) is 66.2 Å². The standard InChI is InChI=1S/C15H21BrO/c16-14-9-5-4-8-13(14)15(17)11-10-12-6-2-1-3-7-12/h4-5,8-9,12,15,17H,1-3,6-7,10-11H2. The second kappa shape index (κ2) is 6.55. The van der Waals surface area contributed by atoms with Gasteiger partial charge >= 0.3 is 0 Å². The summed E-state index contributed by atoms with van der Waals surface area (Å²) in [5.41, 5.74) is 1.03. The van der Waals surface area contributed by atoms with Gasteiger partial charge in [0.1, 0.15) is 0 Å². The molecule has 1 aliphatic carbocycles. The molecule has 94 valence electrons. The maximum atomic E-state index is 10.2. The average Bonchev–Trinajstić information content (AvgIpc) is 2.38. The first-order valence-electron chi connectivity index (χ1n) is 6.70. The van der Waals surface area contributed by atoms with Crippen molar-refractivity contribution in [2.24, 2.45) is 5.92 Å². The Kier molecular flexibility index (Phi) is 5.05. The van der Waals surface area contributed by atoms with Gasteiger partial charge in [0, 0.05) is 4.47 Å². The lowest BCUT2D eigenvalue weighted by atomic mass is 9.85. The van der Waals surface area contributed by atoms with Crippen LogP contribution in [-0.4, -0.2) is 5.11 Å². The Bertz CT molecular complexity index is 345. The van der Waals surface area contributed by atoms with Crippen molar-refractivity contribution in [1.82, 2.24) is 0 Å². The minimum absolute atomic E-state index is 0.312. The first-order chi connectivity index (χ1) is 8.27. The molecular formula is C15H21BrO. The third-order valence-corrected chi connectivity index (χ3v) is 4.56. The fraction of sp³-hybridized carbons (Fsp3) is 0.600. The number of aliphatic hydroxyl groups excluding tert-OH is 1. The van der Waals surface area contributed by atoms with E-state index in [1.807, 2.05) is 24.3 Å². The monoisotopic (exact) mass is 296 g/mol. The Hall–Kier alpha value is -0.340. The lowest BCUT2D eigenvalue weighted by Crippen LogP contribution is -2.08. The quantitative estimate of drug-likeness (QED) is 0.843. The summed E-state index contributed by atoms with van der Waals surface area (Å²) in [6.07, 6.45) is 8.66. The average molecular weight is 297 g/mol. The van der Waals surface area contributed by atoms with Crippen molar-refractivity contribution in [2.45, 2.75) is 51.0 Å². The molecule has 1 atom stereocenters. The lowest BCUT2D eigenvalue weighted by molar-refractivity contribution is 0.150. The molecule has 1 fully saturated rings. The van der Waals surface area contributed by atoms with Crippen LogP contribution in [0.4, 0.5) is 0 Å². The van der Waals surface area contributed by atoms with Gasteiger partial charge in [0.15, 0.2) is 0 Å². The second-order valence-electron chi connectivity index (χ2n) is 5.12. The van der Waals surface area contributed by atoms with E-state index < -0.39 is 0 Å². The van der Waals surface area contributed by atoms with E-state index >= 15 is 0 Å². The van der Waals surface area contributed by atoms with Gasteiger partial charge in [-0.2, -0.15) is 0 Å². The predicted molar refractivity (Wildman–Crippen MR) is 74.9 cm³/mol. The molecule has 1 aromatic rings. The number of halogens is 1. The maximum absolute atomic E-state index is 10.2. The van der Waals surface area contributed by atoms with Gasteiger partial charge in [-0.15, -0.1) is 0 Å². The molecule has 0 spiro atoms. The van der Waals surface area contributed by atoms with Crippen LogP contribution in [-0.2, 0) is 0 Å². The van der Waals surface area contributed by atoms with E-state index in [2.05, 4.69) is 15.9 Å². The van der Waals surface area contributed by atoms with Crippen molar-refractivity contribution in [3.8, 4) is 0 Å². The molecule has 1 unspecified atom stereocenters. The van der Waals surface area contributed by atoms with Crippen LogP contribution in [0.1, 0.15) is 56.6 Å². The van der Waals surface area contributed by atoms with Crippen LogP contribution < -0.4 is 0 Å². The normalized spacial score (nSPS) is 19.2. The van der Waals surface area contributed by atoms with Gasteiger partial charge in [-0.05, 0) is 30.4 Å². The number of hydrogen-bond donors (Lipinski definition) is 1. The molecule has 17 heavy (non-hydrogen) atoms. The van der Waals surface area contributed by atoms with E-state index in [0.717, 1.165) is 22.4 Å². The number of rotatable bonds is 4. The molecule has 0 aliphatic heterocycles. The molecule has 1 saturated carbocycles. The van der Waals surface area contributed by atoms with Crippen LogP contribution in [0.3, 0.4) is 0 Å². The van der Waals surface area contributed by atoms with Crippen LogP contribution in [0.2, 0.25) is 0 Å². The molecule has 0 amide bonds. The fourth-order valence-corrected chi connectivity index (χ4v) is 3.32. The Balaban J connectivity index is 1.84. The topological polar surface area (TPSA) is 20.2 Å². The highest BCUT2D eigenvalue weighted by Crippen LogP contribution is 2.32. The molecule has 0 bridgehead atoms. The van der Waals surface area contributed by atoms with E-state index in [0.29, 0.717) is 0 Å². The number of benzene rings is 1. The Labute approximate surface area is 112 Å². The molecule has 1 nitrogen and oxygen atoms in total. The minimum Gasteiger partial charge on any atom is -0.388 e. The fourth-order valence-electron chi connectivity index (χ4n) is 2.77. The zero-order valence-electron chi connectivity index (χ0n) is 10.2. The van der Waals surface area contributed by atoms with E-state index in [1.165, 1.54) is 38.5 Å². The zero-order valence-corrected chi connectivity index (χ0v) is 11.8. The minimum atomic E-state index is -0.312. The molecule has 2 rings (SSSR count). The predicted octanol–water partition coefficient (Wildman–Crippen LogP) is 4.84. The van der Waals surface area contributed by atoms with E-state index in [4.69, 9.17) is 0 Å². The first-order valence-corrected chi connectivity index (χ1v) is 7.49. The van der Waals surface area contributed by atoms with Crippen LogP contribution in [0, 0.1) is 5.92 Å². The molecule has 1 N–H and O–H groups in total. The Morgan fingerprint density at radius 3 is 2.59 bits per heavy atom. The SMILES string of the molecule is OC(CCC1CCCCC1)c1ccccc1Br. The summed E-state index contributed by atoms with van der Waals surface area (Å²) in [5, 5.41) is 10.2. The molecule has 0 radical (unpaired) electrons. The highest BCUT2D eigenvalue weighted by atomic mass is 79.9. The smallest absolute Gasteiger partial charge is 0.0801 e. The number of aliphatic hydroxyl groups is 1. The van der Waals surface area contributed by atoms with Crippen LogP contribution in [0.25, 0.3) is 0 Å². The molecule has 0 aromatic heterocycles. The summed E-state index contributed by atoms with van der Waals surface area (Å²) < 4.78 is 1.02. The molecule has 1 aromatic carbocycles. The second-order valence-corrected chi connectivity index (χ2v) is 5.97. The highest BCUT2D eigenvalue weighted by molar-refractivity contribution is 9.10. The van der Waals surface area contributed by atoms with Gasteiger partial charge < -0.3 is 5.11 Å². The lowest BCUT2D eigenvalue weighted by Gasteiger charge is -2.23. The van der Waals surface area contributed by atoms with E-state index in [9.17, 15) is 5.11 Å². The summed E-state index contributed by atoms with van der Waals surface area (Å²) in [5.74, 6) is 0.848. The van der Waals surface area contributed by atoms with Crippen molar-refractivity contribution < 1.29 is 5.11 Å². The van der Waals surface area contributed by atoms with Crippen LogP contribution >= 0.6 is 15.9 Å². The highest BCUT2D eigenvalue weighted by Gasteiger charge is 2.16. The van der Waals surface area contributed by atoms with Gasteiger partial charge in [0.2, 0.25) is 0 Å². The van der Waals surface area contributed by atoms with Crippen LogP contribution in [0.15, 0.2) is 28.7 Å². The number of hydrogen-bond acceptors (Lipinski definition) is 1. The maximum Gasteiger partial charge on any atom is 0.0801 e. The summed E-state index contributed by atoms with van der Waals surface area (Å²) in [4.78, 5) is 0. The first kappa shape index (κ1) is 13.1. The van der Waals surface area contributed by atoms with E-state index in [1.54, 1.807) is 0 Å². The summed E-state index contributed by atoms with van der Waals surface area (Å²) in [7, 11) is 0. The molecule has 2 heteroatoms. The molecular weight excluding hydrogens is 276 g/mol. The third-order valence-electron chi connectivity index (χ3n) is 3.84. The molecule has 0 saturated heterocycles. The van der Waals surface area contributed by atoms with Crippen LogP contribution in [0.5, 0.6) is 0 Å². The Morgan fingerprint density at radius 1 is 1.18 bits per heavy atom. The summed E-state index contributed by atoms with van der Waals surface area (Å²) >= 11 is 3.50. The summed E-state index contributed by atoms with van der Waals surface area (Å²) in [6, 6.07) is 7.99. The molecule has 0 heterocycles. The van der Waals surface area contributed by atoms with Crippen molar-refractivity contribution in [3.63, 3.8) is 0 Å². The van der Waals surface area contributed by atoms with Gasteiger partial charge in [-0.3, -0.25) is 0 Å². The van der Waals surface area contributed by atoms with Gasteiger partial charge in [0.05, 0.1) is 6.10 Å². The van der Waals surface area contributed by atoms with Gasteiger partial charge in [0.25, 0.3) is 0 Å². The summed E-state index contributed by atoms with van der Waals surface area (Å²) in [6.45, 7) is 0.